The van der Waals surface area contributed by atoms with Crippen molar-refractivity contribution in [3.8, 4) is 0 Å². The summed E-state index contributed by atoms with van der Waals surface area (Å²) in [4.78, 5) is 3.24. The fourth-order valence-electron chi connectivity index (χ4n) is 2.07. The molecule has 0 saturated carbocycles. The maximum absolute atomic E-state index is 5.40. The largest absolute Gasteiger partial charge is 0.331 e. The lowest BCUT2D eigenvalue weighted by molar-refractivity contribution is 0.810. The molecule has 0 aliphatic carbocycles. The number of halogens is 2. The number of benzene rings is 2. The van der Waals surface area contributed by atoms with E-state index in [0.717, 1.165) is 31.3 Å². The van der Waals surface area contributed by atoms with Crippen molar-refractivity contribution in [2.24, 2.45) is 0 Å². The van der Waals surface area contributed by atoms with E-state index in [1.165, 1.54) is 5.56 Å². The Morgan fingerprint density at radius 1 is 1.00 bits per heavy atom. The molecule has 0 fully saturated rings. The number of aromatic amines is 1. The van der Waals surface area contributed by atoms with Gasteiger partial charge in [-0.15, -0.1) is 0 Å². The molecule has 0 radical (unpaired) electrons. The van der Waals surface area contributed by atoms with Crippen LogP contribution in [0.3, 0.4) is 0 Å². The van der Waals surface area contributed by atoms with Crippen LogP contribution in [0, 0.1) is 4.77 Å². The lowest BCUT2D eigenvalue weighted by Crippen LogP contribution is -1.99. The Hall–Kier alpha value is -0.910. The maximum atomic E-state index is 5.40. The Bertz CT molecular complexity index is 787. The molecule has 96 valence electrons. The highest BCUT2D eigenvalue weighted by Crippen LogP contribution is 2.21. The van der Waals surface area contributed by atoms with Crippen molar-refractivity contribution in [3.05, 3.63) is 61.7 Å². The predicted molar refractivity (Wildman–Crippen MR) is 88.1 cm³/mol. The van der Waals surface area contributed by atoms with E-state index in [1.54, 1.807) is 0 Å². The first-order valence-electron chi connectivity index (χ1n) is 5.76. The van der Waals surface area contributed by atoms with E-state index >= 15 is 0 Å². The van der Waals surface area contributed by atoms with E-state index in [1.807, 2.05) is 24.3 Å². The Labute approximate surface area is 132 Å². The van der Waals surface area contributed by atoms with Crippen molar-refractivity contribution in [2.45, 2.75) is 6.54 Å². The summed E-state index contributed by atoms with van der Waals surface area (Å²) >= 11 is 12.3. The van der Waals surface area contributed by atoms with E-state index in [0.29, 0.717) is 0 Å². The van der Waals surface area contributed by atoms with Gasteiger partial charge < -0.3 is 9.55 Å². The number of nitrogens with zero attached hydrogens (tertiary/aromatic N) is 1. The van der Waals surface area contributed by atoms with Crippen molar-refractivity contribution in [2.75, 3.05) is 0 Å². The molecule has 1 N–H and O–H groups in total. The molecule has 3 aromatic rings. The van der Waals surface area contributed by atoms with E-state index in [2.05, 4.69) is 59.6 Å². The van der Waals surface area contributed by atoms with Crippen LogP contribution in [0.15, 0.2) is 51.4 Å². The summed E-state index contributed by atoms with van der Waals surface area (Å²) in [5.74, 6) is 0. The summed E-state index contributed by atoms with van der Waals surface area (Å²) in [6.45, 7) is 0.772. The molecular formula is C14H10Br2N2S. The van der Waals surface area contributed by atoms with Crippen molar-refractivity contribution >= 4 is 55.1 Å². The fourth-order valence-corrected chi connectivity index (χ4v) is 2.96. The Morgan fingerprint density at radius 3 is 2.42 bits per heavy atom. The quantitative estimate of drug-likeness (QED) is 0.584. The zero-order chi connectivity index (χ0) is 13.4. The molecule has 0 saturated heterocycles. The Morgan fingerprint density at radius 2 is 1.68 bits per heavy atom. The molecule has 2 aromatic carbocycles. The Kier molecular flexibility index (Phi) is 3.60. The van der Waals surface area contributed by atoms with Gasteiger partial charge in [-0.1, -0.05) is 44.0 Å². The van der Waals surface area contributed by atoms with Crippen LogP contribution < -0.4 is 0 Å². The molecule has 0 atom stereocenters. The van der Waals surface area contributed by atoms with Crippen LogP contribution >= 0.6 is 44.1 Å². The summed E-state index contributed by atoms with van der Waals surface area (Å²) in [6, 6.07) is 14.4. The number of imidazole rings is 1. The first-order valence-corrected chi connectivity index (χ1v) is 7.75. The summed E-state index contributed by atoms with van der Waals surface area (Å²) in [7, 11) is 0. The number of nitrogens with one attached hydrogen (secondary N) is 1. The summed E-state index contributed by atoms with van der Waals surface area (Å²) in [6.07, 6.45) is 0. The monoisotopic (exact) mass is 396 g/mol. The van der Waals surface area contributed by atoms with E-state index < -0.39 is 0 Å². The normalized spacial score (nSPS) is 11.1. The Balaban J connectivity index is 2.07. The van der Waals surface area contributed by atoms with Gasteiger partial charge in [-0.05, 0) is 48.1 Å². The number of rotatable bonds is 2. The van der Waals surface area contributed by atoms with Gasteiger partial charge in [0.25, 0.3) is 0 Å². The van der Waals surface area contributed by atoms with Crippen LogP contribution in [0.4, 0.5) is 0 Å². The molecule has 1 aromatic heterocycles. The molecule has 0 amide bonds. The van der Waals surface area contributed by atoms with Crippen molar-refractivity contribution in [3.63, 3.8) is 0 Å². The fraction of sp³-hybridized carbons (Fsp3) is 0.0714. The summed E-state index contributed by atoms with van der Waals surface area (Å²) < 4.78 is 4.99. The molecule has 0 spiro atoms. The molecular weight excluding hydrogens is 388 g/mol. The van der Waals surface area contributed by atoms with Crippen LogP contribution in [-0.2, 0) is 6.54 Å². The second-order valence-electron chi connectivity index (χ2n) is 4.30. The van der Waals surface area contributed by atoms with Crippen LogP contribution in [0.25, 0.3) is 11.0 Å². The molecule has 19 heavy (non-hydrogen) atoms. The molecule has 3 rings (SSSR count). The second kappa shape index (κ2) is 5.23. The van der Waals surface area contributed by atoms with Gasteiger partial charge in [-0.2, -0.15) is 0 Å². The predicted octanol–water partition coefficient (Wildman–Crippen LogP) is 5.27. The highest BCUT2D eigenvalue weighted by molar-refractivity contribution is 9.10. The SMILES string of the molecule is S=c1[nH]c2cc(Br)ccc2n1Cc1ccc(Br)cc1. The molecule has 5 heteroatoms. The average Bonchev–Trinajstić information content (AvgIpc) is 2.68. The molecule has 1 heterocycles. The van der Waals surface area contributed by atoms with Crippen LogP contribution in [0.1, 0.15) is 5.56 Å². The minimum Gasteiger partial charge on any atom is -0.331 e. The van der Waals surface area contributed by atoms with Crippen LogP contribution in [-0.4, -0.2) is 9.55 Å². The third-order valence-corrected chi connectivity index (χ3v) is 4.33. The summed E-state index contributed by atoms with van der Waals surface area (Å²) in [5.41, 5.74) is 3.40. The molecule has 0 aliphatic heterocycles. The number of aromatic nitrogens is 2. The van der Waals surface area contributed by atoms with Crippen molar-refractivity contribution in [1.82, 2.24) is 9.55 Å². The lowest BCUT2D eigenvalue weighted by atomic mass is 10.2. The van der Waals surface area contributed by atoms with Gasteiger partial charge in [0.1, 0.15) is 0 Å². The van der Waals surface area contributed by atoms with E-state index in [9.17, 15) is 0 Å². The third-order valence-electron chi connectivity index (χ3n) is 2.99. The van der Waals surface area contributed by atoms with E-state index in [-0.39, 0.29) is 0 Å². The minimum absolute atomic E-state index is 0.746. The number of fused-ring (bicyclic) bond motifs is 1. The zero-order valence-electron chi connectivity index (χ0n) is 9.86. The first-order chi connectivity index (χ1) is 9.13. The highest BCUT2D eigenvalue weighted by Gasteiger charge is 2.05. The number of hydrogen-bond acceptors (Lipinski definition) is 1. The van der Waals surface area contributed by atoms with Crippen molar-refractivity contribution in [1.29, 1.82) is 0 Å². The summed E-state index contributed by atoms with van der Waals surface area (Å²) in [5, 5.41) is 0. The minimum atomic E-state index is 0.746. The smallest absolute Gasteiger partial charge is 0.178 e. The van der Waals surface area contributed by atoms with Gasteiger partial charge in [0.15, 0.2) is 4.77 Å². The van der Waals surface area contributed by atoms with Gasteiger partial charge >= 0.3 is 0 Å². The van der Waals surface area contributed by atoms with E-state index in [4.69, 9.17) is 12.2 Å². The molecule has 0 unspecified atom stereocenters. The van der Waals surface area contributed by atoms with Crippen molar-refractivity contribution < 1.29 is 0 Å². The average molecular weight is 398 g/mol. The topological polar surface area (TPSA) is 20.7 Å². The van der Waals surface area contributed by atoms with Gasteiger partial charge in [0.05, 0.1) is 17.6 Å². The molecule has 0 bridgehead atoms. The van der Waals surface area contributed by atoms with Crippen LogP contribution in [0.2, 0.25) is 0 Å². The zero-order valence-corrected chi connectivity index (χ0v) is 13.8. The maximum Gasteiger partial charge on any atom is 0.178 e. The second-order valence-corrected chi connectivity index (χ2v) is 6.52. The lowest BCUT2D eigenvalue weighted by Gasteiger charge is -2.05. The van der Waals surface area contributed by atoms with Gasteiger partial charge in [0, 0.05) is 8.95 Å². The molecule has 2 nitrogen and oxygen atoms in total. The number of hydrogen-bond donors (Lipinski definition) is 1. The highest BCUT2D eigenvalue weighted by atomic mass is 79.9. The third kappa shape index (κ3) is 2.68. The van der Waals surface area contributed by atoms with Gasteiger partial charge in [-0.3, -0.25) is 0 Å². The first kappa shape index (κ1) is 13.1. The standard InChI is InChI=1S/C14H10Br2N2S/c15-10-3-1-9(2-4-10)8-18-13-6-5-11(16)7-12(13)17-14(18)19/h1-7H,8H2,(H,17,19). The number of H-pyrrole nitrogens is 1. The van der Waals surface area contributed by atoms with Gasteiger partial charge in [-0.25, -0.2) is 0 Å². The van der Waals surface area contributed by atoms with Crippen LogP contribution in [0.5, 0.6) is 0 Å². The van der Waals surface area contributed by atoms with Gasteiger partial charge in [0.2, 0.25) is 0 Å². The molecule has 0 aliphatic rings.